The average Bonchev–Trinajstić information content (AvgIpc) is 2.25. The number of esters is 1. The normalized spacial score (nSPS) is 11.0. The molecule has 0 unspecified atom stereocenters. The highest BCUT2D eigenvalue weighted by Crippen LogP contribution is 2.15. The van der Waals surface area contributed by atoms with Crippen LogP contribution < -0.4 is 0 Å². The van der Waals surface area contributed by atoms with Gasteiger partial charge < -0.3 is 4.74 Å². The van der Waals surface area contributed by atoms with E-state index in [1.165, 1.54) is 6.92 Å². The molecule has 0 aromatic heterocycles. The summed E-state index contributed by atoms with van der Waals surface area (Å²) in [4.78, 5) is 22.8. The molecule has 1 aromatic carbocycles. The van der Waals surface area contributed by atoms with E-state index in [4.69, 9.17) is 4.74 Å². The molecule has 0 amide bonds. The van der Waals surface area contributed by atoms with Crippen LogP contribution >= 0.6 is 0 Å². The minimum atomic E-state index is -1.03. The second-order valence-electron chi connectivity index (χ2n) is 4.51. The predicted molar refractivity (Wildman–Crippen MR) is 65.6 cm³/mol. The Morgan fingerprint density at radius 3 is 2.29 bits per heavy atom. The van der Waals surface area contributed by atoms with Crippen LogP contribution in [0.2, 0.25) is 0 Å². The molecule has 0 N–H and O–H groups in total. The van der Waals surface area contributed by atoms with Crippen molar-refractivity contribution in [1.82, 2.24) is 0 Å². The van der Waals surface area contributed by atoms with E-state index in [0.717, 1.165) is 5.56 Å². The molecule has 17 heavy (non-hydrogen) atoms. The van der Waals surface area contributed by atoms with E-state index in [1.54, 1.807) is 13.8 Å². The first kappa shape index (κ1) is 13.4. The fourth-order valence-electron chi connectivity index (χ4n) is 1.62. The zero-order valence-electron chi connectivity index (χ0n) is 10.5. The number of benzene rings is 1. The quantitative estimate of drug-likeness (QED) is 0.735. The van der Waals surface area contributed by atoms with Gasteiger partial charge in [-0.1, -0.05) is 30.3 Å². The van der Waals surface area contributed by atoms with Crippen LogP contribution in [-0.2, 0) is 20.7 Å². The van der Waals surface area contributed by atoms with Crippen LogP contribution in [0.15, 0.2) is 30.3 Å². The lowest BCUT2D eigenvalue weighted by atomic mass is 9.97. The summed E-state index contributed by atoms with van der Waals surface area (Å²) < 4.78 is 5.00. The zero-order valence-corrected chi connectivity index (χ0v) is 10.5. The summed E-state index contributed by atoms with van der Waals surface area (Å²) >= 11 is 0. The number of aryl methyl sites for hydroxylation is 1. The smallest absolute Gasteiger partial charge is 0.303 e. The topological polar surface area (TPSA) is 43.4 Å². The van der Waals surface area contributed by atoms with Gasteiger partial charge in [0.05, 0.1) is 0 Å². The lowest BCUT2D eigenvalue weighted by molar-refractivity contribution is -0.161. The lowest BCUT2D eigenvalue weighted by Crippen LogP contribution is -2.36. The van der Waals surface area contributed by atoms with Crippen LogP contribution in [0.25, 0.3) is 0 Å². The fourth-order valence-corrected chi connectivity index (χ4v) is 1.62. The molecule has 0 saturated heterocycles. The number of carbonyl (C=O) groups is 2. The standard InChI is InChI=1S/C14H18O3/c1-11(15)17-14(2,3)13(16)10-9-12-7-5-4-6-8-12/h4-8H,9-10H2,1-3H3. The molecule has 0 fully saturated rings. The maximum absolute atomic E-state index is 11.9. The second kappa shape index (κ2) is 5.62. The van der Waals surface area contributed by atoms with Gasteiger partial charge in [0.25, 0.3) is 0 Å². The SMILES string of the molecule is CC(=O)OC(C)(C)C(=O)CCc1ccccc1. The van der Waals surface area contributed by atoms with E-state index in [0.29, 0.717) is 12.8 Å². The maximum Gasteiger partial charge on any atom is 0.303 e. The van der Waals surface area contributed by atoms with Gasteiger partial charge in [0.1, 0.15) is 0 Å². The number of ketones is 1. The molecule has 3 heteroatoms. The number of carbonyl (C=O) groups excluding carboxylic acids is 2. The number of hydrogen-bond acceptors (Lipinski definition) is 3. The molecule has 0 atom stereocenters. The minimum absolute atomic E-state index is 0.0587. The highest BCUT2D eigenvalue weighted by Gasteiger charge is 2.29. The van der Waals surface area contributed by atoms with Crippen LogP contribution in [0.3, 0.4) is 0 Å². The molecular weight excluding hydrogens is 216 g/mol. The fraction of sp³-hybridized carbons (Fsp3) is 0.429. The Kier molecular flexibility index (Phi) is 4.44. The van der Waals surface area contributed by atoms with E-state index in [1.807, 2.05) is 30.3 Å². The van der Waals surface area contributed by atoms with Crippen molar-refractivity contribution in [2.24, 2.45) is 0 Å². The van der Waals surface area contributed by atoms with Gasteiger partial charge in [-0.3, -0.25) is 9.59 Å². The summed E-state index contributed by atoms with van der Waals surface area (Å²) in [6, 6.07) is 9.78. The molecule has 1 rings (SSSR count). The summed E-state index contributed by atoms with van der Waals surface area (Å²) in [6.07, 6.45) is 1.05. The number of ether oxygens (including phenoxy) is 1. The van der Waals surface area contributed by atoms with Crippen LogP contribution in [0, 0.1) is 0 Å². The Morgan fingerprint density at radius 1 is 1.18 bits per heavy atom. The first-order valence-corrected chi connectivity index (χ1v) is 5.68. The Labute approximate surface area is 102 Å². The average molecular weight is 234 g/mol. The monoisotopic (exact) mass is 234 g/mol. The van der Waals surface area contributed by atoms with E-state index in [9.17, 15) is 9.59 Å². The van der Waals surface area contributed by atoms with Gasteiger partial charge in [0, 0.05) is 13.3 Å². The van der Waals surface area contributed by atoms with E-state index in [-0.39, 0.29) is 5.78 Å². The summed E-state index contributed by atoms with van der Waals surface area (Å²) in [7, 11) is 0. The largest absolute Gasteiger partial charge is 0.452 e. The highest BCUT2D eigenvalue weighted by molar-refractivity contribution is 5.88. The first-order chi connectivity index (χ1) is 7.92. The van der Waals surface area contributed by atoms with Crippen molar-refractivity contribution in [3.8, 4) is 0 Å². The van der Waals surface area contributed by atoms with E-state index >= 15 is 0 Å². The molecule has 0 aliphatic heterocycles. The molecule has 1 aromatic rings. The number of hydrogen-bond donors (Lipinski definition) is 0. The Hall–Kier alpha value is -1.64. The number of Topliss-reactive ketones (excluding diaryl/α,β-unsaturated/α-hetero) is 1. The van der Waals surface area contributed by atoms with Crippen LogP contribution in [0.4, 0.5) is 0 Å². The summed E-state index contributed by atoms with van der Waals surface area (Å²) in [5.41, 5.74) is 0.0835. The molecule has 0 heterocycles. The second-order valence-corrected chi connectivity index (χ2v) is 4.51. The van der Waals surface area contributed by atoms with Crippen LogP contribution in [0.5, 0.6) is 0 Å². The minimum Gasteiger partial charge on any atom is -0.452 e. The zero-order chi connectivity index (χ0) is 12.9. The summed E-state index contributed by atoms with van der Waals surface area (Å²) in [5, 5.41) is 0. The molecule has 0 spiro atoms. The van der Waals surface area contributed by atoms with Crippen LogP contribution in [-0.4, -0.2) is 17.4 Å². The Bertz CT molecular complexity index is 393. The number of rotatable bonds is 5. The van der Waals surface area contributed by atoms with Gasteiger partial charge in [0.15, 0.2) is 11.4 Å². The third kappa shape index (κ3) is 4.39. The van der Waals surface area contributed by atoms with Crippen molar-refractivity contribution in [2.45, 2.75) is 39.2 Å². The van der Waals surface area contributed by atoms with Gasteiger partial charge in [-0.05, 0) is 25.8 Å². The molecule has 0 saturated carbocycles. The molecule has 92 valence electrons. The molecule has 0 bridgehead atoms. The highest BCUT2D eigenvalue weighted by atomic mass is 16.6. The Balaban J connectivity index is 2.52. The van der Waals surface area contributed by atoms with Gasteiger partial charge in [-0.2, -0.15) is 0 Å². The van der Waals surface area contributed by atoms with E-state index in [2.05, 4.69) is 0 Å². The third-order valence-electron chi connectivity index (χ3n) is 2.55. The Morgan fingerprint density at radius 2 is 1.76 bits per heavy atom. The third-order valence-corrected chi connectivity index (χ3v) is 2.55. The van der Waals surface area contributed by atoms with Crippen LogP contribution in [0.1, 0.15) is 32.8 Å². The van der Waals surface area contributed by atoms with Crippen molar-refractivity contribution < 1.29 is 14.3 Å². The molecule has 0 aliphatic rings. The van der Waals surface area contributed by atoms with Crippen molar-refractivity contribution in [3.05, 3.63) is 35.9 Å². The van der Waals surface area contributed by atoms with Crippen molar-refractivity contribution in [1.29, 1.82) is 0 Å². The first-order valence-electron chi connectivity index (χ1n) is 5.68. The van der Waals surface area contributed by atoms with Crippen molar-refractivity contribution in [2.75, 3.05) is 0 Å². The summed E-state index contributed by atoms with van der Waals surface area (Å²) in [5.74, 6) is -0.486. The molecule has 0 radical (unpaired) electrons. The summed E-state index contributed by atoms with van der Waals surface area (Å²) in [6.45, 7) is 4.57. The molecular formula is C14H18O3. The van der Waals surface area contributed by atoms with Gasteiger partial charge >= 0.3 is 5.97 Å². The van der Waals surface area contributed by atoms with E-state index < -0.39 is 11.6 Å². The lowest BCUT2D eigenvalue weighted by Gasteiger charge is -2.22. The maximum atomic E-state index is 11.9. The van der Waals surface area contributed by atoms with Crippen molar-refractivity contribution >= 4 is 11.8 Å². The molecule has 3 nitrogen and oxygen atoms in total. The predicted octanol–water partition coefficient (Wildman–Crippen LogP) is 2.53. The van der Waals surface area contributed by atoms with Gasteiger partial charge in [0.2, 0.25) is 0 Å². The van der Waals surface area contributed by atoms with Gasteiger partial charge in [-0.15, -0.1) is 0 Å². The van der Waals surface area contributed by atoms with Gasteiger partial charge in [-0.25, -0.2) is 0 Å². The molecule has 0 aliphatic carbocycles. The van der Waals surface area contributed by atoms with Crippen molar-refractivity contribution in [3.63, 3.8) is 0 Å².